The molecule has 64 valence electrons. The summed E-state index contributed by atoms with van der Waals surface area (Å²) in [5.41, 5.74) is 1.02. The van der Waals surface area contributed by atoms with Crippen LogP contribution in [0.15, 0.2) is 29.3 Å². The van der Waals surface area contributed by atoms with E-state index in [0.717, 1.165) is 11.3 Å². The Hall–Kier alpha value is -1.02. The average molecular weight is 184 g/mol. The Labute approximate surface area is 76.8 Å². The van der Waals surface area contributed by atoms with E-state index < -0.39 is 0 Å². The number of rotatable bonds is 3. The van der Waals surface area contributed by atoms with Crippen molar-refractivity contribution in [3.8, 4) is 5.75 Å². The van der Waals surface area contributed by atoms with Crippen LogP contribution in [0, 0.1) is 0 Å². The van der Waals surface area contributed by atoms with Crippen molar-refractivity contribution in [3.63, 3.8) is 0 Å². The highest BCUT2D eigenvalue weighted by Gasteiger charge is 1.89. The molecular formula is C9H10ClNO. The molecule has 0 saturated carbocycles. The number of halogens is 1. The summed E-state index contributed by atoms with van der Waals surface area (Å²) in [6.45, 7) is 0. The van der Waals surface area contributed by atoms with Crippen LogP contribution in [0.5, 0.6) is 5.75 Å². The van der Waals surface area contributed by atoms with Crippen LogP contribution in [0.3, 0.4) is 0 Å². The van der Waals surface area contributed by atoms with Gasteiger partial charge < -0.3 is 4.74 Å². The van der Waals surface area contributed by atoms with Crippen LogP contribution >= 0.6 is 11.6 Å². The van der Waals surface area contributed by atoms with Crippen molar-refractivity contribution >= 4 is 17.8 Å². The lowest BCUT2D eigenvalue weighted by molar-refractivity contribution is 0.415. The SMILES string of the molecule is COc1ccc(/C=N/CCl)cc1. The van der Waals surface area contributed by atoms with Crippen LogP contribution in [0.1, 0.15) is 5.56 Å². The Bertz CT molecular complexity index is 256. The maximum atomic E-state index is 5.39. The molecule has 0 N–H and O–H groups in total. The van der Waals surface area contributed by atoms with Gasteiger partial charge in [0, 0.05) is 6.21 Å². The van der Waals surface area contributed by atoms with Crippen molar-refractivity contribution in [1.29, 1.82) is 0 Å². The molecule has 1 aromatic carbocycles. The Kier molecular flexibility index (Phi) is 3.61. The van der Waals surface area contributed by atoms with Gasteiger partial charge in [0.15, 0.2) is 0 Å². The second-order valence-corrected chi connectivity index (χ2v) is 2.44. The molecule has 12 heavy (non-hydrogen) atoms. The van der Waals surface area contributed by atoms with E-state index in [-0.39, 0.29) is 0 Å². The third kappa shape index (κ3) is 2.55. The van der Waals surface area contributed by atoms with E-state index in [0.29, 0.717) is 6.00 Å². The van der Waals surface area contributed by atoms with Gasteiger partial charge in [0.1, 0.15) is 11.8 Å². The number of alkyl halides is 1. The lowest BCUT2D eigenvalue weighted by Gasteiger charge is -1.97. The van der Waals surface area contributed by atoms with Crippen LogP contribution in [-0.4, -0.2) is 19.3 Å². The maximum Gasteiger partial charge on any atom is 0.118 e. The van der Waals surface area contributed by atoms with E-state index in [9.17, 15) is 0 Å². The highest BCUT2D eigenvalue weighted by molar-refractivity contribution is 6.18. The van der Waals surface area contributed by atoms with Gasteiger partial charge in [-0.3, -0.25) is 4.99 Å². The summed E-state index contributed by atoms with van der Waals surface area (Å²) in [5, 5.41) is 0. The number of methoxy groups -OCH3 is 1. The molecule has 0 aliphatic carbocycles. The van der Waals surface area contributed by atoms with Crippen LogP contribution in [0.2, 0.25) is 0 Å². The van der Waals surface area contributed by atoms with E-state index in [4.69, 9.17) is 16.3 Å². The second-order valence-electron chi connectivity index (χ2n) is 2.20. The van der Waals surface area contributed by atoms with Crippen molar-refractivity contribution in [3.05, 3.63) is 29.8 Å². The third-order valence-corrected chi connectivity index (χ3v) is 1.56. The van der Waals surface area contributed by atoms with Crippen molar-refractivity contribution in [2.24, 2.45) is 4.99 Å². The van der Waals surface area contributed by atoms with Gasteiger partial charge in [-0.05, 0) is 29.8 Å². The molecule has 0 aliphatic heterocycles. The van der Waals surface area contributed by atoms with Gasteiger partial charge in [0.05, 0.1) is 7.11 Å². The predicted molar refractivity (Wildman–Crippen MR) is 51.3 cm³/mol. The molecule has 0 radical (unpaired) electrons. The summed E-state index contributed by atoms with van der Waals surface area (Å²) < 4.78 is 5.00. The first-order valence-electron chi connectivity index (χ1n) is 3.56. The molecule has 0 saturated heterocycles. The van der Waals surface area contributed by atoms with Gasteiger partial charge in [0.25, 0.3) is 0 Å². The van der Waals surface area contributed by atoms with E-state index in [1.54, 1.807) is 13.3 Å². The van der Waals surface area contributed by atoms with Crippen molar-refractivity contribution in [1.82, 2.24) is 0 Å². The molecule has 0 bridgehead atoms. The van der Waals surface area contributed by atoms with Crippen LogP contribution in [-0.2, 0) is 0 Å². The quantitative estimate of drug-likeness (QED) is 0.400. The number of nitrogens with zero attached hydrogens (tertiary/aromatic N) is 1. The van der Waals surface area contributed by atoms with Gasteiger partial charge in [-0.1, -0.05) is 0 Å². The Morgan fingerprint density at radius 2 is 2.08 bits per heavy atom. The zero-order valence-electron chi connectivity index (χ0n) is 6.83. The van der Waals surface area contributed by atoms with Crippen molar-refractivity contribution in [2.45, 2.75) is 0 Å². The number of hydrogen-bond acceptors (Lipinski definition) is 2. The smallest absolute Gasteiger partial charge is 0.118 e. The Morgan fingerprint density at radius 3 is 2.58 bits per heavy atom. The summed E-state index contributed by atoms with van der Waals surface area (Å²) >= 11 is 5.39. The highest BCUT2D eigenvalue weighted by Crippen LogP contribution is 2.09. The summed E-state index contributed by atoms with van der Waals surface area (Å²) in [4.78, 5) is 3.90. The van der Waals surface area contributed by atoms with Gasteiger partial charge in [-0.25, -0.2) is 0 Å². The largest absolute Gasteiger partial charge is 0.497 e. The van der Waals surface area contributed by atoms with E-state index in [1.807, 2.05) is 24.3 Å². The minimum absolute atomic E-state index is 0.298. The predicted octanol–water partition coefficient (Wildman–Crippen LogP) is 2.31. The Morgan fingerprint density at radius 1 is 1.42 bits per heavy atom. The second kappa shape index (κ2) is 4.78. The van der Waals surface area contributed by atoms with Gasteiger partial charge in [-0.15, -0.1) is 11.6 Å². The van der Waals surface area contributed by atoms with Crippen LogP contribution in [0.25, 0.3) is 0 Å². The molecule has 1 aromatic rings. The highest BCUT2D eigenvalue weighted by atomic mass is 35.5. The molecule has 3 heteroatoms. The van der Waals surface area contributed by atoms with E-state index in [1.165, 1.54) is 0 Å². The van der Waals surface area contributed by atoms with E-state index in [2.05, 4.69) is 4.99 Å². The molecular weight excluding hydrogens is 174 g/mol. The standard InChI is InChI=1S/C9H10ClNO/c1-12-9-4-2-8(3-5-9)6-11-7-10/h2-6H,7H2,1H3/b11-6+. The maximum absolute atomic E-state index is 5.39. The number of hydrogen-bond donors (Lipinski definition) is 0. The topological polar surface area (TPSA) is 21.6 Å². The third-order valence-electron chi connectivity index (χ3n) is 1.43. The fourth-order valence-electron chi connectivity index (χ4n) is 0.830. The normalized spacial score (nSPS) is 10.5. The fourth-order valence-corrected chi connectivity index (χ4v) is 0.899. The molecule has 0 aromatic heterocycles. The summed E-state index contributed by atoms with van der Waals surface area (Å²) in [5.74, 6) is 0.845. The van der Waals surface area contributed by atoms with Gasteiger partial charge in [-0.2, -0.15) is 0 Å². The summed E-state index contributed by atoms with van der Waals surface area (Å²) in [6.07, 6.45) is 1.73. The number of benzene rings is 1. The fraction of sp³-hybridized carbons (Fsp3) is 0.222. The monoisotopic (exact) mass is 183 g/mol. The summed E-state index contributed by atoms with van der Waals surface area (Å²) in [6, 6.07) is 7.92. The minimum atomic E-state index is 0.298. The summed E-state index contributed by atoms with van der Waals surface area (Å²) in [7, 11) is 1.64. The molecule has 0 fully saturated rings. The zero-order chi connectivity index (χ0) is 8.81. The molecule has 0 heterocycles. The lowest BCUT2D eigenvalue weighted by Crippen LogP contribution is -1.84. The van der Waals surface area contributed by atoms with Crippen molar-refractivity contribution in [2.75, 3.05) is 13.1 Å². The molecule has 0 aliphatic rings. The molecule has 0 unspecified atom stereocenters. The minimum Gasteiger partial charge on any atom is -0.497 e. The van der Waals surface area contributed by atoms with Crippen LogP contribution < -0.4 is 4.74 Å². The number of aliphatic imine (C=N–C) groups is 1. The molecule has 0 spiro atoms. The first-order chi connectivity index (χ1) is 5.86. The molecule has 2 nitrogen and oxygen atoms in total. The molecule has 1 rings (SSSR count). The van der Waals surface area contributed by atoms with Crippen molar-refractivity contribution < 1.29 is 4.74 Å². The van der Waals surface area contributed by atoms with Gasteiger partial charge in [0.2, 0.25) is 0 Å². The van der Waals surface area contributed by atoms with Crippen LogP contribution in [0.4, 0.5) is 0 Å². The molecule has 0 amide bonds. The Balaban J connectivity index is 2.71. The number of ether oxygens (including phenoxy) is 1. The molecule has 0 atom stereocenters. The van der Waals surface area contributed by atoms with E-state index >= 15 is 0 Å². The average Bonchev–Trinajstić information content (AvgIpc) is 2.15. The lowest BCUT2D eigenvalue weighted by atomic mass is 10.2. The van der Waals surface area contributed by atoms with Gasteiger partial charge >= 0.3 is 0 Å². The zero-order valence-corrected chi connectivity index (χ0v) is 7.58. The first-order valence-corrected chi connectivity index (χ1v) is 4.10. The first kappa shape index (κ1) is 9.07.